The lowest BCUT2D eigenvalue weighted by Gasteiger charge is -2.39. The van der Waals surface area contributed by atoms with E-state index < -0.39 is 47.8 Å². The van der Waals surface area contributed by atoms with Crippen molar-refractivity contribution in [2.75, 3.05) is 5.32 Å². The van der Waals surface area contributed by atoms with Gasteiger partial charge in [0.2, 0.25) is 6.29 Å². The summed E-state index contributed by atoms with van der Waals surface area (Å²) in [7, 11) is 0. The number of benzene rings is 4. The molecule has 0 saturated carbocycles. The third-order valence-corrected chi connectivity index (χ3v) is 8.02. The molecule has 242 valence electrons. The number of rotatable bonds is 8. The number of aromatic hydroxyl groups is 1. The molecule has 0 radical (unpaired) electrons. The zero-order valence-electron chi connectivity index (χ0n) is 24.9. The Morgan fingerprint density at radius 2 is 1.62 bits per heavy atom. The maximum absolute atomic E-state index is 13.1. The van der Waals surface area contributed by atoms with Gasteiger partial charge in [-0.1, -0.05) is 41.9 Å². The van der Waals surface area contributed by atoms with Crippen LogP contribution in [0.5, 0.6) is 17.2 Å². The van der Waals surface area contributed by atoms with Crippen LogP contribution in [0.3, 0.4) is 0 Å². The van der Waals surface area contributed by atoms with Crippen molar-refractivity contribution in [3.8, 4) is 28.6 Å². The van der Waals surface area contributed by atoms with Crippen LogP contribution in [0.15, 0.2) is 100 Å². The fraction of sp³-hybridized carbons (Fsp3) is 0.200. The lowest BCUT2D eigenvalue weighted by atomic mass is 9.98. The Morgan fingerprint density at radius 1 is 0.915 bits per heavy atom. The Hall–Kier alpha value is -4.91. The molecule has 5 aromatic rings. The molecule has 1 amide bonds. The second-order valence-electron chi connectivity index (χ2n) is 11.0. The van der Waals surface area contributed by atoms with Crippen LogP contribution in [-0.2, 0) is 16.1 Å². The fourth-order valence-corrected chi connectivity index (χ4v) is 5.26. The van der Waals surface area contributed by atoms with Crippen molar-refractivity contribution in [1.29, 1.82) is 0 Å². The average Bonchev–Trinajstić information content (AvgIpc) is 3.07. The molecule has 0 spiro atoms. The summed E-state index contributed by atoms with van der Waals surface area (Å²) in [5.74, 6) is -0.486. The van der Waals surface area contributed by atoms with Crippen LogP contribution in [0, 0.1) is 6.92 Å². The van der Waals surface area contributed by atoms with Crippen LogP contribution in [0.2, 0.25) is 5.02 Å². The molecule has 5 atom stereocenters. The van der Waals surface area contributed by atoms with E-state index in [0.29, 0.717) is 28.6 Å². The van der Waals surface area contributed by atoms with E-state index in [1.807, 2.05) is 30.3 Å². The van der Waals surface area contributed by atoms with Gasteiger partial charge in [0, 0.05) is 34.0 Å². The molecule has 1 aromatic heterocycles. The summed E-state index contributed by atoms with van der Waals surface area (Å²) in [6, 6.07) is 25.4. The molecule has 1 aliphatic heterocycles. The summed E-state index contributed by atoms with van der Waals surface area (Å²) in [6.07, 6.45) is -8.72. The lowest BCUT2D eigenvalue weighted by molar-refractivity contribution is -0.265. The number of anilines is 1. The number of fused-ring (bicyclic) bond motifs is 1. The molecular formula is C35H30ClNO10. The molecule has 0 bridgehead atoms. The lowest BCUT2D eigenvalue weighted by Crippen LogP contribution is -2.62. The summed E-state index contributed by atoms with van der Waals surface area (Å²) < 4.78 is 23.3. The first kappa shape index (κ1) is 32.0. The van der Waals surface area contributed by atoms with Gasteiger partial charge < -0.3 is 44.4 Å². The Kier molecular flexibility index (Phi) is 9.17. The van der Waals surface area contributed by atoms with Gasteiger partial charge in [-0.25, -0.2) is 0 Å². The highest BCUT2D eigenvalue weighted by Gasteiger charge is 2.48. The second-order valence-corrected chi connectivity index (χ2v) is 11.4. The predicted octanol–water partition coefficient (Wildman–Crippen LogP) is 4.53. The van der Waals surface area contributed by atoms with E-state index in [0.717, 1.165) is 5.56 Å². The minimum Gasteiger partial charge on any atom is -0.507 e. The maximum Gasteiger partial charge on any atom is 0.256 e. The molecule has 1 fully saturated rings. The molecule has 5 N–H and O–H groups in total. The van der Waals surface area contributed by atoms with Crippen molar-refractivity contribution in [3.05, 3.63) is 117 Å². The number of amides is 1. The fourth-order valence-electron chi connectivity index (χ4n) is 5.13. The van der Waals surface area contributed by atoms with Gasteiger partial charge in [-0.2, -0.15) is 0 Å². The number of carbonyl (C=O) groups excluding carboxylic acids is 1. The van der Waals surface area contributed by atoms with Crippen molar-refractivity contribution in [3.63, 3.8) is 0 Å². The first-order valence-electron chi connectivity index (χ1n) is 14.6. The second kappa shape index (κ2) is 13.4. The van der Waals surface area contributed by atoms with Crippen molar-refractivity contribution >= 4 is 34.2 Å². The topological polar surface area (TPSA) is 168 Å². The summed E-state index contributed by atoms with van der Waals surface area (Å²) in [4.78, 5) is 26.1. The van der Waals surface area contributed by atoms with Gasteiger partial charge in [0.15, 0.2) is 11.5 Å². The van der Waals surface area contributed by atoms with Gasteiger partial charge in [-0.05, 0) is 61.0 Å². The molecule has 1 saturated heterocycles. The van der Waals surface area contributed by atoms with Crippen molar-refractivity contribution in [2.24, 2.45) is 0 Å². The van der Waals surface area contributed by atoms with Crippen molar-refractivity contribution < 1.29 is 43.8 Å². The van der Waals surface area contributed by atoms with E-state index in [9.17, 15) is 30.0 Å². The quantitative estimate of drug-likeness (QED) is 0.160. The zero-order chi connectivity index (χ0) is 33.2. The minimum absolute atomic E-state index is 0.0297. The summed E-state index contributed by atoms with van der Waals surface area (Å²) in [5, 5.41) is 45.6. The number of hydrogen-bond acceptors (Lipinski definition) is 10. The van der Waals surface area contributed by atoms with Crippen LogP contribution in [-0.4, -0.2) is 57.0 Å². The molecule has 4 aromatic carbocycles. The van der Waals surface area contributed by atoms with Crippen LogP contribution in [0.25, 0.3) is 22.3 Å². The standard InChI is InChI=1S/C35H30ClNO10/c1-18-25(46-35-32(42)30(40)31(41)33(47-35)34(43)37-22-11-9-21(36)10-12-22)16-27-28(29(18)39)24(38)15-26(45-27)20-7-13-23(14-8-20)44-17-19-5-3-2-4-6-19/h2-16,30-33,35,39-42H,17H2,1H3,(H,37,43). The third kappa shape index (κ3) is 6.80. The van der Waals surface area contributed by atoms with E-state index in [2.05, 4.69) is 5.32 Å². The van der Waals surface area contributed by atoms with Crippen molar-refractivity contribution in [2.45, 2.75) is 44.2 Å². The Bertz CT molecular complexity index is 1950. The normalized spacial score (nSPS) is 20.9. The first-order chi connectivity index (χ1) is 22.6. The van der Waals surface area contributed by atoms with Gasteiger partial charge in [-0.3, -0.25) is 9.59 Å². The van der Waals surface area contributed by atoms with Crippen LogP contribution in [0.1, 0.15) is 11.1 Å². The molecule has 6 rings (SSSR count). The van der Waals surface area contributed by atoms with E-state index >= 15 is 0 Å². The number of ether oxygens (including phenoxy) is 3. The SMILES string of the molecule is Cc1c(OC2OC(C(=O)Nc3ccc(Cl)cc3)C(O)C(O)C2O)cc2oc(-c3ccc(OCc4ccccc4)cc3)cc(=O)c2c1O. The highest BCUT2D eigenvalue weighted by Crippen LogP contribution is 2.37. The van der Waals surface area contributed by atoms with E-state index in [1.54, 1.807) is 36.4 Å². The molecule has 5 unspecified atom stereocenters. The van der Waals surface area contributed by atoms with Crippen LogP contribution in [0.4, 0.5) is 5.69 Å². The average molecular weight is 660 g/mol. The largest absolute Gasteiger partial charge is 0.507 e. The monoisotopic (exact) mass is 659 g/mol. The van der Waals surface area contributed by atoms with E-state index in [4.69, 9.17) is 30.2 Å². The number of phenolic OH excluding ortho intramolecular Hbond substituents is 1. The Balaban J connectivity index is 1.24. The number of carbonyl (C=O) groups is 1. The molecule has 2 heterocycles. The summed E-state index contributed by atoms with van der Waals surface area (Å²) in [5.41, 5.74) is 1.50. The van der Waals surface area contributed by atoms with E-state index in [1.165, 1.54) is 31.2 Å². The molecule has 47 heavy (non-hydrogen) atoms. The Morgan fingerprint density at radius 3 is 2.32 bits per heavy atom. The number of halogens is 1. The number of aliphatic hydroxyl groups excluding tert-OH is 3. The molecule has 11 nitrogen and oxygen atoms in total. The predicted molar refractivity (Wildman–Crippen MR) is 172 cm³/mol. The smallest absolute Gasteiger partial charge is 0.256 e. The minimum atomic E-state index is -1.83. The number of hydrogen-bond donors (Lipinski definition) is 5. The van der Waals surface area contributed by atoms with Gasteiger partial charge in [-0.15, -0.1) is 0 Å². The molecular weight excluding hydrogens is 630 g/mol. The molecule has 0 aliphatic carbocycles. The van der Waals surface area contributed by atoms with Crippen molar-refractivity contribution in [1.82, 2.24) is 0 Å². The summed E-state index contributed by atoms with van der Waals surface area (Å²) >= 11 is 5.89. The third-order valence-electron chi connectivity index (χ3n) is 7.77. The van der Waals surface area contributed by atoms with Gasteiger partial charge in [0.25, 0.3) is 5.91 Å². The van der Waals surface area contributed by atoms with Crippen LogP contribution < -0.4 is 20.2 Å². The van der Waals surface area contributed by atoms with Crippen LogP contribution >= 0.6 is 11.6 Å². The highest BCUT2D eigenvalue weighted by atomic mass is 35.5. The number of aliphatic hydroxyl groups is 3. The highest BCUT2D eigenvalue weighted by molar-refractivity contribution is 6.30. The number of nitrogens with one attached hydrogen (secondary N) is 1. The van der Waals surface area contributed by atoms with Gasteiger partial charge in [0.1, 0.15) is 58.9 Å². The zero-order valence-corrected chi connectivity index (χ0v) is 25.6. The number of phenols is 1. The Labute approximate surface area is 273 Å². The maximum atomic E-state index is 13.1. The first-order valence-corrected chi connectivity index (χ1v) is 15.0. The molecule has 12 heteroatoms. The van der Waals surface area contributed by atoms with Gasteiger partial charge in [0.05, 0.1) is 0 Å². The van der Waals surface area contributed by atoms with Gasteiger partial charge >= 0.3 is 0 Å². The molecule has 1 aliphatic rings. The summed E-state index contributed by atoms with van der Waals surface area (Å²) in [6.45, 7) is 1.85. The van der Waals surface area contributed by atoms with E-state index in [-0.39, 0.29) is 28.0 Å².